The number of nitrogens with one attached hydrogen (secondary N) is 1. The lowest BCUT2D eigenvalue weighted by atomic mass is 10.1. The second-order valence-corrected chi connectivity index (χ2v) is 7.35. The summed E-state index contributed by atoms with van der Waals surface area (Å²) >= 11 is 3.42. The standard InChI is InChI=1S/C21H20BrN3O3/c1-2-25(13-15-4-3-5-19-20(15)28-11-10-27-19)21(26)18-12-17(23-24-18)14-6-8-16(22)9-7-14/h3-9,12H,2,10-11,13H2,1H3,(H,23,24). The first-order valence-corrected chi connectivity index (χ1v) is 9.93. The Kier molecular flexibility index (Phi) is 5.34. The second-order valence-electron chi connectivity index (χ2n) is 6.43. The van der Waals surface area contributed by atoms with Crippen molar-refractivity contribution in [2.24, 2.45) is 0 Å². The molecular formula is C21H20BrN3O3. The molecule has 0 unspecified atom stereocenters. The summed E-state index contributed by atoms with van der Waals surface area (Å²) < 4.78 is 12.4. The molecule has 144 valence electrons. The molecule has 1 aliphatic heterocycles. The number of ether oxygens (including phenoxy) is 2. The van der Waals surface area contributed by atoms with Gasteiger partial charge in [0.15, 0.2) is 11.5 Å². The van der Waals surface area contributed by atoms with E-state index in [1.807, 2.05) is 49.4 Å². The lowest BCUT2D eigenvalue weighted by Gasteiger charge is -2.25. The topological polar surface area (TPSA) is 67.5 Å². The number of carbonyl (C=O) groups is 1. The van der Waals surface area contributed by atoms with Crippen LogP contribution in [0.1, 0.15) is 23.0 Å². The summed E-state index contributed by atoms with van der Waals surface area (Å²) in [6, 6.07) is 15.4. The van der Waals surface area contributed by atoms with E-state index in [4.69, 9.17) is 9.47 Å². The first-order chi connectivity index (χ1) is 13.7. The number of aromatic nitrogens is 2. The van der Waals surface area contributed by atoms with Gasteiger partial charge in [-0.1, -0.05) is 40.2 Å². The quantitative estimate of drug-likeness (QED) is 0.641. The van der Waals surface area contributed by atoms with Gasteiger partial charge in [0.1, 0.15) is 18.9 Å². The number of fused-ring (bicyclic) bond motifs is 1. The maximum Gasteiger partial charge on any atom is 0.272 e. The number of benzene rings is 2. The van der Waals surface area contributed by atoms with Gasteiger partial charge in [-0.15, -0.1) is 0 Å². The third-order valence-corrected chi connectivity index (χ3v) is 5.15. The monoisotopic (exact) mass is 441 g/mol. The molecule has 6 nitrogen and oxygen atoms in total. The normalized spacial score (nSPS) is 12.6. The highest BCUT2D eigenvalue weighted by Gasteiger charge is 2.22. The zero-order valence-electron chi connectivity index (χ0n) is 15.4. The Morgan fingerprint density at radius 3 is 2.75 bits per heavy atom. The van der Waals surface area contributed by atoms with Gasteiger partial charge in [0.2, 0.25) is 0 Å². The Morgan fingerprint density at radius 1 is 1.18 bits per heavy atom. The zero-order valence-corrected chi connectivity index (χ0v) is 17.0. The van der Waals surface area contributed by atoms with Gasteiger partial charge in [-0.05, 0) is 31.2 Å². The van der Waals surface area contributed by atoms with E-state index in [-0.39, 0.29) is 5.91 Å². The summed E-state index contributed by atoms with van der Waals surface area (Å²) in [5.74, 6) is 1.35. The summed E-state index contributed by atoms with van der Waals surface area (Å²) in [6.07, 6.45) is 0. The molecule has 7 heteroatoms. The number of aromatic amines is 1. The average Bonchev–Trinajstić information content (AvgIpc) is 3.22. The summed E-state index contributed by atoms with van der Waals surface area (Å²) in [6.45, 7) is 4.02. The highest BCUT2D eigenvalue weighted by atomic mass is 79.9. The SMILES string of the molecule is CCN(Cc1cccc2c1OCCO2)C(=O)c1cc(-c2ccc(Br)cc2)n[nH]1. The van der Waals surface area contributed by atoms with Crippen molar-refractivity contribution in [3.8, 4) is 22.8 Å². The predicted octanol–water partition coefficient (Wildman–Crippen LogP) is 4.27. The van der Waals surface area contributed by atoms with E-state index in [2.05, 4.69) is 26.1 Å². The van der Waals surface area contributed by atoms with Gasteiger partial charge >= 0.3 is 0 Å². The van der Waals surface area contributed by atoms with E-state index < -0.39 is 0 Å². The van der Waals surface area contributed by atoms with Crippen molar-refractivity contribution in [2.75, 3.05) is 19.8 Å². The van der Waals surface area contributed by atoms with Gasteiger partial charge in [-0.25, -0.2) is 0 Å². The largest absolute Gasteiger partial charge is 0.486 e. The molecule has 1 aromatic heterocycles. The Labute approximate surface area is 171 Å². The summed E-state index contributed by atoms with van der Waals surface area (Å²) in [5, 5.41) is 7.17. The number of para-hydroxylation sites is 1. The Balaban J connectivity index is 1.54. The van der Waals surface area contributed by atoms with Crippen molar-refractivity contribution >= 4 is 21.8 Å². The number of hydrogen-bond donors (Lipinski definition) is 1. The molecule has 0 saturated heterocycles. The Morgan fingerprint density at radius 2 is 1.96 bits per heavy atom. The molecule has 28 heavy (non-hydrogen) atoms. The number of amides is 1. The van der Waals surface area contributed by atoms with Crippen LogP contribution < -0.4 is 9.47 Å². The molecule has 0 spiro atoms. The van der Waals surface area contributed by atoms with Crippen LogP contribution in [0.4, 0.5) is 0 Å². The highest BCUT2D eigenvalue weighted by molar-refractivity contribution is 9.10. The van der Waals surface area contributed by atoms with Crippen LogP contribution in [0.5, 0.6) is 11.5 Å². The van der Waals surface area contributed by atoms with Crippen LogP contribution in [0.2, 0.25) is 0 Å². The lowest BCUT2D eigenvalue weighted by molar-refractivity contribution is 0.0743. The Bertz CT molecular complexity index is 985. The molecule has 0 fully saturated rings. The van der Waals surface area contributed by atoms with Crippen molar-refractivity contribution < 1.29 is 14.3 Å². The van der Waals surface area contributed by atoms with Gasteiger partial charge in [0, 0.05) is 28.7 Å². The minimum absolute atomic E-state index is 0.104. The first-order valence-electron chi connectivity index (χ1n) is 9.14. The summed E-state index contributed by atoms with van der Waals surface area (Å²) in [7, 11) is 0. The van der Waals surface area contributed by atoms with E-state index in [1.54, 1.807) is 11.0 Å². The molecule has 1 N–H and O–H groups in total. The van der Waals surface area contributed by atoms with E-state index in [1.165, 1.54) is 0 Å². The molecular weight excluding hydrogens is 422 g/mol. The molecule has 2 heterocycles. The minimum atomic E-state index is -0.104. The number of halogens is 1. The van der Waals surface area contributed by atoms with Gasteiger partial charge in [-0.2, -0.15) is 5.10 Å². The lowest BCUT2D eigenvalue weighted by Crippen LogP contribution is -2.31. The van der Waals surface area contributed by atoms with Crippen LogP contribution in [-0.2, 0) is 6.54 Å². The van der Waals surface area contributed by atoms with Crippen LogP contribution >= 0.6 is 15.9 Å². The molecule has 4 rings (SSSR count). The number of rotatable bonds is 5. The number of nitrogens with zero attached hydrogens (tertiary/aromatic N) is 2. The third-order valence-electron chi connectivity index (χ3n) is 4.63. The third kappa shape index (κ3) is 3.75. The fourth-order valence-electron chi connectivity index (χ4n) is 3.16. The van der Waals surface area contributed by atoms with Crippen LogP contribution in [0.25, 0.3) is 11.3 Å². The molecule has 1 amide bonds. The van der Waals surface area contributed by atoms with Crippen molar-refractivity contribution in [1.29, 1.82) is 0 Å². The van der Waals surface area contributed by atoms with Crippen molar-refractivity contribution in [1.82, 2.24) is 15.1 Å². The Hall–Kier alpha value is -2.80. The maximum absolute atomic E-state index is 13.0. The molecule has 0 saturated carbocycles. The van der Waals surface area contributed by atoms with Gasteiger partial charge in [0.25, 0.3) is 5.91 Å². The van der Waals surface area contributed by atoms with Crippen molar-refractivity contribution in [3.05, 3.63) is 64.3 Å². The van der Waals surface area contributed by atoms with E-state index in [0.29, 0.717) is 32.0 Å². The molecule has 0 radical (unpaired) electrons. The smallest absolute Gasteiger partial charge is 0.272 e. The molecule has 1 aliphatic rings. The summed E-state index contributed by atoms with van der Waals surface area (Å²) in [5.41, 5.74) is 3.08. The van der Waals surface area contributed by atoms with Crippen LogP contribution in [0.3, 0.4) is 0 Å². The molecule has 0 atom stereocenters. The highest BCUT2D eigenvalue weighted by Crippen LogP contribution is 2.34. The number of carbonyl (C=O) groups excluding carboxylic acids is 1. The average molecular weight is 442 g/mol. The molecule has 3 aromatic rings. The maximum atomic E-state index is 13.0. The number of H-pyrrole nitrogens is 1. The van der Waals surface area contributed by atoms with Gasteiger partial charge in [0.05, 0.1) is 5.69 Å². The van der Waals surface area contributed by atoms with Crippen molar-refractivity contribution in [2.45, 2.75) is 13.5 Å². The molecule has 2 aromatic carbocycles. The second kappa shape index (κ2) is 8.06. The summed E-state index contributed by atoms with van der Waals surface area (Å²) in [4.78, 5) is 14.8. The van der Waals surface area contributed by atoms with E-state index in [9.17, 15) is 4.79 Å². The van der Waals surface area contributed by atoms with Crippen molar-refractivity contribution in [3.63, 3.8) is 0 Å². The first kappa shape index (κ1) is 18.6. The van der Waals surface area contributed by atoms with Gasteiger partial charge in [-0.3, -0.25) is 9.89 Å². The fraction of sp³-hybridized carbons (Fsp3) is 0.238. The molecule has 0 aliphatic carbocycles. The van der Waals surface area contributed by atoms with Crippen LogP contribution in [0, 0.1) is 0 Å². The zero-order chi connectivity index (χ0) is 19.5. The van der Waals surface area contributed by atoms with Gasteiger partial charge < -0.3 is 14.4 Å². The number of hydrogen-bond acceptors (Lipinski definition) is 4. The predicted molar refractivity (Wildman–Crippen MR) is 110 cm³/mol. The minimum Gasteiger partial charge on any atom is -0.486 e. The van der Waals surface area contributed by atoms with Crippen LogP contribution in [-0.4, -0.2) is 40.8 Å². The van der Waals surface area contributed by atoms with E-state index in [0.717, 1.165) is 32.8 Å². The van der Waals surface area contributed by atoms with Crippen LogP contribution in [0.15, 0.2) is 53.0 Å². The van der Waals surface area contributed by atoms with E-state index >= 15 is 0 Å². The molecule has 0 bridgehead atoms. The fourth-order valence-corrected chi connectivity index (χ4v) is 3.43.